The van der Waals surface area contributed by atoms with Gasteiger partial charge in [0.2, 0.25) is 0 Å². The highest BCUT2D eigenvalue weighted by Gasteiger charge is 2.16. The van der Waals surface area contributed by atoms with Gasteiger partial charge in [0.25, 0.3) is 0 Å². The fourth-order valence-electron chi connectivity index (χ4n) is 2.67. The van der Waals surface area contributed by atoms with Crippen molar-refractivity contribution in [1.82, 2.24) is 10.1 Å². The summed E-state index contributed by atoms with van der Waals surface area (Å²) in [5.74, 6) is 1.79. The molecule has 2 rings (SSSR count). The van der Waals surface area contributed by atoms with Gasteiger partial charge in [-0.3, -0.25) is 4.90 Å². The number of aromatic nitrogens is 1. The van der Waals surface area contributed by atoms with Crippen LogP contribution in [0.5, 0.6) is 0 Å². The highest BCUT2D eigenvalue weighted by atomic mass is 16.5. The van der Waals surface area contributed by atoms with Crippen molar-refractivity contribution in [2.24, 2.45) is 11.7 Å². The van der Waals surface area contributed by atoms with E-state index in [-0.39, 0.29) is 0 Å². The normalized spacial score (nSPS) is 17.8. The molecule has 0 unspecified atom stereocenters. The minimum absolute atomic E-state index is 0.454. The van der Waals surface area contributed by atoms with E-state index in [4.69, 9.17) is 10.3 Å². The Morgan fingerprint density at radius 2 is 2.18 bits per heavy atom. The van der Waals surface area contributed by atoms with Gasteiger partial charge in [-0.05, 0) is 25.8 Å². The van der Waals surface area contributed by atoms with Crippen LogP contribution in [0.25, 0.3) is 0 Å². The molecule has 0 radical (unpaired) electrons. The first kappa shape index (κ1) is 12.6. The molecule has 0 atom stereocenters. The highest BCUT2D eigenvalue weighted by Crippen LogP contribution is 2.24. The van der Waals surface area contributed by atoms with Gasteiger partial charge in [0.15, 0.2) is 5.76 Å². The number of nitrogens with two attached hydrogens (primary N) is 1. The third kappa shape index (κ3) is 3.82. The van der Waals surface area contributed by atoms with Gasteiger partial charge in [0.1, 0.15) is 0 Å². The Kier molecular flexibility index (Phi) is 4.57. The average Bonchev–Trinajstić information content (AvgIpc) is 2.78. The number of nitrogens with zero attached hydrogens (tertiary/aromatic N) is 2. The lowest BCUT2D eigenvalue weighted by atomic mass is 9.89. The van der Waals surface area contributed by atoms with Crippen LogP contribution >= 0.6 is 0 Å². The summed E-state index contributed by atoms with van der Waals surface area (Å²) in [6.45, 7) is 2.46. The van der Waals surface area contributed by atoms with E-state index in [9.17, 15) is 0 Å². The Morgan fingerprint density at radius 1 is 1.41 bits per heavy atom. The van der Waals surface area contributed by atoms with Crippen molar-refractivity contribution in [3.63, 3.8) is 0 Å². The zero-order valence-electron chi connectivity index (χ0n) is 10.7. The molecule has 1 saturated carbocycles. The molecular formula is C13H23N3O. The van der Waals surface area contributed by atoms with E-state index in [2.05, 4.69) is 17.1 Å². The first-order valence-corrected chi connectivity index (χ1v) is 6.61. The number of hydrogen-bond donors (Lipinski definition) is 1. The van der Waals surface area contributed by atoms with Gasteiger partial charge in [0, 0.05) is 19.2 Å². The molecule has 1 aliphatic carbocycles. The van der Waals surface area contributed by atoms with Gasteiger partial charge in [0.05, 0.1) is 12.2 Å². The van der Waals surface area contributed by atoms with Crippen LogP contribution in [0.1, 0.15) is 43.6 Å². The van der Waals surface area contributed by atoms with Crippen molar-refractivity contribution in [3.8, 4) is 0 Å². The molecule has 0 bridgehead atoms. The van der Waals surface area contributed by atoms with E-state index in [0.717, 1.165) is 23.9 Å². The fourth-order valence-corrected chi connectivity index (χ4v) is 2.67. The van der Waals surface area contributed by atoms with Crippen molar-refractivity contribution in [1.29, 1.82) is 0 Å². The largest absolute Gasteiger partial charge is 0.360 e. The van der Waals surface area contributed by atoms with Gasteiger partial charge < -0.3 is 10.3 Å². The van der Waals surface area contributed by atoms with Gasteiger partial charge in [-0.1, -0.05) is 24.4 Å². The lowest BCUT2D eigenvalue weighted by molar-refractivity contribution is 0.209. The van der Waals surface area contributed by atoms with Gasteiger partial charge in [-0.15, -0.1) is 0 Å². The molecule has 0 aromatic carbocycles. The minimum atomic E-state index is 0.454. The third-order valence-electron chi connectivity index (χ3n) is 3.54. The van der Waals surface area contributed by atoms with Crippen molar-refractivity contribution < 1.29 is 4.52 Å². The summed E-state index contributed by atoms with van der Waals surface area (Å²) in [6.07, 6.45) is 6.99. The summed E-state index contributed by atoms with van der Waals surface area (Å²) >= 11 is 0. The van der Waals surface area contributed by atoms with E-state index in [0.29, 0.717) is 6.54 Å². The maximum absolute atomic E-state index is 5.51. The van der Waals surface area contributed by atoms with E-state index in [1.165, 1.54) is 38.6 Å². The Hall–Kier alpha value is -0.870. The average molecular weight is 237 g/mol. The molecule has 1 aromatic rings. The Labute approximate surface area is 103 Å². The third-order valence-corrected chi connectivity index (χ3v) is 3.54. The lowest BCUT2D eigenvalue weighted by Crippen LogP contribution is -2.26. The summed E-state index contributed by atoms with van der Waals surface area (Å²) in [7, 11) is 2.15. The maximum Gasteiger partial charge on any atom is 0.151 e. The van der Waals surface area contributed by atoms with Crippen molar-refractivity contribution in [2.45, 2.75) is 45.2 Å². The molecule has 0 spiro atoms. The topological polar surface area (TPSA) is 55.3 Å². The zero-order valence-corrected chi connectivity index (χ0v) is 10.7. The summed E-state index contributed by atoms with van der Waals surface area (Å²) in [4.78, 5) is 2.33. The molecule has 1 heterocycles. The van der Waals surface area contributed by atoms with Crippen LogP contribution in [-0.4, -0.2) is 23.6 Å². The Balaban J connectivity index is 1.77. The van der Waals surface area contributed by atoms with E-state index in [1.807, 2.05) is 6.07 Å². The molecule has 4 heteroatoms. The van der Waals surface area contributed by atoms with Gasteiger partial charge in [-0.25, -0.2) is 0 Å². The van der Waals surface area contributed by atoms with Crippen LogP contribution in [0.15, 0.2) is 10.6 Å². The van der Waals surface area contributed by atoms with Crippen LogP contribution in [0.3, 0.4) is 0 Å². The molecule has 2 N–H and O–H groups in total. The highest BCUT2D eigenvalue weighted by molar-refractivity contribution is 5.04. The number of hydrogen-bond acceptors (Lipinski definition) is 4. The minimum Gasteiger partial charge on any atom is -0.360 e. The maximum atomic E-state index is 5.51. The molecule has 96 valence electrons. The monoisotopic (exact) mass is 237 g/mol. The molecule has 4 nitrogen and oxygen atoms in total. The molecular weight excluding hydrogens is 214 g/mol. The quantitative estimate of drug-likeness (QED) is 0.852. The second-order valence-electron chi connectivity index (χ2n) is 5.19. The van der Waals surface area contributed by atoms with Crippen LogP contribution in [0.4, 0.5) is 0 Å². The Bertz CT molecular complexity index is 331. The standard InChI is InChI=1S/C13H23N3O/c1-16(9-11-5-3-2-4-6-11)10-13-7-12(8-14)15-17-13/h7,11H,2-6,8-10,14H2,1H3. The Morgan fingerprint density at radius 3 is 2.82 bits per heavy atom. The van der Waals surface area contributed by atoms with E-state index >= 15 is 0 Å². The summed E-state index contributed by atoms with van der Waals surface area (Å²) < 4.78 is 5.24. The molecule has 1 aromatic heterocycles. The molecule has 17 heavy (non-hydrogen) atoms. The SMILES string of the molecule is CN(Cc1cc(CN)no1)CC1CCCCC1. The fraction of sp³-hybridized carbons (Fsp3) is 0.769. The molecule has 0 amide bonds. The van der Waals surface area contributed by atoms with Crippen molar-refractivity contribution in [2.75, 3.05) is 13.6 Å². The van der Waals surface area contributed by atoms with Crippen LogP contribution in [0.2, 0.25) is 0 Å². The molecule has 0 saturated heterocycles. The lowest BCUT2D eigenvalue weighted by Gasteiger charge is -2.26. The smallest absolute Gasteiger partial charge is 0.151 e. The van der Waals surface area contributed by atoms with E-state index < -0.39 is 0 Å². The van der Waals surface area contributed by atoms with Gasteiger partial charge in [-0.2, -0.15) is 0 Å². The summed E-state index contributed by atoms with van der Waals surface area (Å²) in [5.41, 5.74) is 6.35. The number of rotatable bonds is 5. The first-order chi connectivity index (χ1) is 8.28. The summed E-state index contributed by atoms with van der Waals surface area (Å²) in [5, 5.41) is 3.91. The van der Waals surface area contributed by atoms with Crippen LogP contribution in [-0.2, 0) is 13.1 Å². The van der Waals surface area contributed by atoms with Crippen molar-refractivity contribution >= 4 is 0 Å². The van der Waals surface area contributed by atoms with Gasteiger partial charge >= 0.3 is 0 Å². The molecule has 1 aliphatic rings. The predicted molar refractivity (Wildman–Crippen MR) is 67.3 cm³/mol. The predicted octanol–water partition coefficient (Wildman–Crippen LogP) is 2.15. The van der Waals surface area contributed by atoms with E-state index in [1.54, 1.807) is 0 Å². The second-order valence-corrected chi connectivity index (χ2v) is 5.19. The van der Waals surface area contributed by atoms with Crippen LogP contribution in [0, 0.1) is 5.92 Å². The first-order valence-electron chi connectivity index (χ1n) is 6.61. The zero-order chi connectivity index (χ0) is 12.1. The molecule has 0 aliphatic heterocycles. The molecule has 1 fully saturated rings. The summed E-state index contributed by atoms with van der Waals surface area (Å²) in [6, 6.07) is 1.96. The van der Waals surface area contributed by atoms with Crippen molar-refractivity contribution in [3.05, 3.63) is 17.5 Å². The van der Waals surface area contributed by atoms with Crippen LogP contribution < -0.4 is 5.73 Å². The second kappa shape index (κ2) is 6.17.